The molecule has 2 aliphatic rings. The molecule has 0 saturated carbocycles. The minimum Gasteiger partial charge on any atom is -0.378 e. The van der Waals surface area contributed by atoms with Gasteiger partial charge in [-0.3, -0.25) is 4.90 Å². The molecule has 0 amide bonds. The molecular weight excluding hydrogens is 212 g/mol. The largest absolute Gasteiger partial charge is 0.378 e. The van der Waals surface area contributed by atoms with Crippen molar-refractivity contribution in [3.05, 3.63) is 0 Å². The quantitative estimate of drug-likeness (QED) is 0.818. The fourth-order valence-corrected chi connectivity index (χ4v) is 3.71. The zero-order valence-electron chi connectivity index (χ0n) is 11.5. The van der Waals surface area contributed by atoms with Gasteiger partial charge in [0.25, 0.3) is 0 Å². The molecule has 3 unspecified atom stereocenters. The molecule has 0 aromatic carbocycles. The fraction of sp³-hybridized carbons (Fsp3) is 1.00. The lowest BCUT2D eigenvalue weighted by Crippen LogP contribution is -2.59. The maximum Gasteiger partial charge on any atom is 0.0590 e. The Kier molecular flexibility index (Phi) is 4.45. The Morgan fingerprint density at radius 1 is 1.35 bits per heavy atom. The van der Waals surface area contributed by atoms with Crippen LogP contribution >= 0.6 is 0 Å². The molecule has 0 aromatic heterocycles. The topological polar surface area (TPSA) is 38.5 Å². The molecule has 2 N–H and O–H groups in total. The van der Waals surface area contributed by atoms with E-state index in [1.807, 2.05) is 0 Å². The van der Waals surface area contributed by atoms with Crippen LogP contribution in [-0.2, 0) is 4.74 Å². The van der Waals surface area contributed by atoms with Crippen molar-refractivity contribution in [3.8, 4) is 0 Å². The summed E-state index contributed by atoms with van der Waals surface area (Å²) < 4.78 is 5.83. The summed E-state index contributed by atoms with van der Waals surface area (Å²) in [5.41, 5.74) is 6.39. The van der Waals surface area contributed by atoms with Crippen LogP contribution in [0.25, 0.3) is 0 Å². The molecule has 3 nitrogen and oxygen atoms in total. The predicted molar refractivity (Wildman–Crippen MR) is 71.1 cm³/mol. The number of ether oxygens (including phenoxy) is 1. The molecule has 0 aromatic rings. The normalized spacial score (nSPS) is 39.7. The highest BCUT2D eigenvalue weighted by molar-refractivity contribution is 5.00. The molecule has 2 fully saturated rings. The van der Waals surface area contributed by atoms with Crippen molar-refractivity contribution >= 4 is 0 Å². The summed E-state index contributed by atoms with van der Waals surface area (Å²) in [7, 11) is 0. The summed E-state index contributed by atoms with van der Waals surface area (Å²) in [5.74, 6) is 0. The molecule has 0 bridgehead atoms. The first-order valence-electron chi connectivity index (χ1n) is 7.34. The van der Waals surface area contributed by atoms with Crippen molar-refractivity contribution in [3.63, 3.8) is 0 Å². The van der Waals surface area contributed by atoms with Gasteiger partial charge in [0, 0.05) is 24.7 Å². The van der Waals surface area contributed by atoms with Gasteiger partial charge in [-0.1, -0.05) is 13.8 Å². The summed E-state index contributed by atoms with van der Waals surface area (Å²) in [5, 5.41) is 0. The van der Waals surface area contributed by atoms with Crippen LogP contribution in [0.5, 0.6) is 0 Å². The van der Waals surface area contributed by atoms with Crippen molar-refractivity contribution in [2.24, 2.45) is 5.73 Å². The van der Waals surface area contributed by atoms with Gasteiger partial charge in [-0.25, -0.2) is 0 Å². The zero-order valence-corrected chi connectivity index (χ0v) is 11.5. The third-order valence-electron chi connectivity index (χ3n) is 4.82. The molecule has 2 rings (SSSR count). The summed E-state index contributed by atoms with van der Waals surface area (Å²) in [4.78, 5) is 2.72. The van der Waals surface area contributed by atoms with E-state index in [0.29, 0.717) is 6.10 Å². The van der Waals surface area contributed by atoms with Crippen molar-refractivity contribution in [2.75, 3.05) is 19.7 Å². The summed E-state index contributed by atoms with van der Waals surface area (Å²) in [6, 6.07) is 0.758. The first-order chi connectivity index (χ1) is 8.25. The average molecular weight is 240 g/mol. The van der Waals surface area contributed by atoms with E-state index in [9.17, 15) is 0 Å². The van der Waals surface area contributed by atoms with Gasteiger partial charge >= 0.3 is 0 Å². The molecule has 0 radical (unpaired) electrons. The SMILES string of the molecule is CCC1CC(CN)(N2CCCC2CC)CCO1. The maximum absolute atomic E-state index is 6.15. The molecule has 2 heterocycles. The Morgan fingerprint density at radius 2 is 2.18 bits per heavy atom. The molecule has 3 atom stereocenters. The Labute approximate surface area is 106 Å². The second-order valence-electron chi connectivity index (χ2n) is 5.68. The fourth-order valence-electron chi connectivity index (χ4n) is 3.71. The van der Waals surface area contributed by atoms with Crippen LogP contribution in [0.15, 0.2) is 0 Å². The highest BCUT2D eigenvalue weighted by Gasteiger charge is 2.44. The molecule has 2 aliphatic heterocycles. The highest BCUT2D eigenvalue weighted by Crippen LogP contribution is 2.37. The van der Waals surface area contributed by atoms with Crippen LogP contribution in [0.2, 0.25) is 0 Å². The maximum atomic E-state index is 6.15. The average Bonchev–Trinajstić information content (AvgIpc) is 2.87. The number of rotatable bonds is 4. The minimum absolute atomic E-state index is 0.232. The highest BCUT2D eigenvalue weighted by atomic mass is 16.5. The van der Waals surface area contributed by atoms with E-state index < -0.39 is 0 Å². The Balaban J connectivity index is 2.12. The van der Waals surface area contributed by atoms with Gasteiger partial charge in [0.05, 0.1) is 6.10 Å². The van der Waals surface area contributed by atoms with Gasteiger partial charge in [0.2, 0.25) is 0 Å². The Morgan fingerprint density at radius 3 is 2.82 bits per heavy atom. The first-order valence-corrected chi connectivity index (χ1v) is 7.34. The minimum atomic E-state index is 0.232. The van der Waals surface area contributed by atoms with E-state index in [2.05, 4.69) is 18.7 Å². The van der Waals surface area contributed by atoms with E-state index in [0.717, 1.165) is 38.5 Å². The number of nitrogens with two attached hydrogens (primary N) is 1. The van der Waals surface area contributed by atoms with Gasteiger partial charge in [-0.15, -0.1) is 0 Å². The number of hydrogen-bond acceptors (Lipinski definition) is 3. The second kappa shape index (κ2) is 5.68. The molecule has 2 saturated heterocycles. The molecule has 0 spiro atoms. The van der Waals surface area contributed by atoms with Crippen molar-refractivity contribution < 1.29 is 4.74 Å². The first kappa shape index (κ1) is 13.3. The van der Waals surface area contributed by atoms with Gasteiger partial charge < -0.3 is 10.5 Å². The lowest BCUT2D eigenvalue weighted by atomic mass is 9.83. The summed E-state index contributed by atoms with van der Waals surface area (Å²) in [6.45, 7) is 7.46. The van der Waals surface area contributed by atoms with Crippen LogP contribution in [0.1, 0.15) is 52.4 Å². The van der Waals surface area contributed by atoms with E-state index >= 15 is 0 Å². The van der Waals surface area contributed by atoms with Gasteiger partial charge in [0.15, 0.2) is 0 Å². The van der Waals surface area contributed by atoms with Gasteiger partial charge in [0.1, 0.15) is 0 Å². The summed E-state index contributed by atoms with van der Waals surface area (Å²) >= 11 is 0. The number of likely N-dealkylation sites (tertiary alicyclic amines) is 1. The summed E-state index contributed by atoms with van der Waals surface area (Å²) in [6.07, 6.45) is 7.76. The van der Waals surface area contributed by atoms with Crippen LogP contribution in [-0.4, -0.2) is 42.3 Å². The molecule has 3 heteroatoms. The molecule has 17 heavy (non-hydrogen) atoms. The van der Waals surface area contributed by atoms with Gasteiger partial charge in [-0.2, -0.15) is 0 Å². The van der Waals surface area contributed by atoms with E-state index in [1.165, 1.54) is 25.8 Å². The van der Waals surface area contributed by atoms with Crippen LogP contribution < -0.4 is 5.73 Å². The zero-order chi connectivity index (χ0) is 12.3. The predicted octanol–water partition coefficient (Wildman–Crippen LogP) is 2.15. The van der Waals surface area contributed by atoms with Crippen molar-refractivity contribution in [1.82, 2.24) is 4.90 Å². The smallest absolute Gasteiger partial charge is 0.0590 e. The molecular formula is C14H28N2O. The Bertz CT molecular complexity index is 246. The number of hydrogen-bond donors (Lipinski definition) is 1. The lowest BCUT2D eigenvalue weighted by molar-refractivity contribution is -0.0761. The van der Waals surface area contributed by atoms with E-state index in [-0.39, 0.29) is 5.54 Å². The van der Waals surface area contributed by atoms with Crippen molar-refractivity contribution in [2.45, 2.75) is 70.1 Å². The number of nitrogens with zero attached hydrogens (tertiary/aromatic N) is 1. The van der Waals surface area contributed by atoms with Crippen molar-refractivity contribution in [1.29, 1.82) is 0 Å². The van der Waals surface area contributed by atoms with E-state index in [1.54, 1.807) is 0 Å². The standard InChI is InChI=1S/C14H28N2O/c1-3-12-6-5-8-16(12)14(11-15)7-9-17-13(4-2)10-14/h12-13H,3-11,15H2,1-2H3. The molecule has 0 aliphatic carbocycles. The Hall–Kier alpha value is -0.120. The van der Waals surface area contributed by atoms with Gasteiger partial charge in [-0.05, 0) is 45.1 Å². The van der Waals surface area contributed by atoms with Crippen LogP contribution in [0, 0.1) is 0 Å². The third-order valence-corrected chi connectivity index (χ3v) is 4.82. The van der Waals surface area contributed by atoms with Crippen LogP contribution in [0.4, 0.5) is 0 Å². The second-order valence-corrected chi connectivity index (χ2v) is 5.68. The molecule has 100 valence electrons. The van der Waals surface area contributed by atoms with Crippen LogP contribution in [0.3, 0.4) is 0 Å². The monoisotopic (exact) mass is 240 g/mol. The third kappa shape index (κ3) is 2.51. The lowest BCUT2D eigenvalue weighted by Gasteiger charge is -2.48. The van der Waals surface area contributed by atoms with E-state index in [4.69, 9.17) is 10.5 Å².